The number of carbonyl (C=O) groups is 1. The highest BCUT2D eigenvalue weighted by molar-refractivity contribution is 5.75. The van der Waals surface area contributed by atoms with E-state index in [0.29, 0.717) is 5.92 Å². The Hall–Kier alpha value is -2.05. The van der Waals surface area contributed by atoms with Gasteiger partial charge in [0.1, 0.15) is 6.61 Å². The monoisotopic (exact) mass is 324 g/mol. The molecule has 1 aromatic carbocycles. The molecule has 128 valence electrons. The molecule has 2 rings (SSSR count). The summed E-state index contributed by atoms with van der Waals surface area (Å²) in [4.78, 5) is 11.9. The Kier molecular flexibility index (Phi) is 6.23. The maximum absolute atomic E-state index is 11.9. The fourth-order valence-electron chi connectivity index (χ4n) is 2.88. The number of ether oxygens (including phenoxy) is 1. The standard InChI is InChI=1S/C22H28O2/c1-5-17(16-24-21(23)22(2,3)4)15-18-11-13-20(14-12-18)19-9-7-6-8-10-19/h5-10,20H,1,11-14,16H2,2-4H3. The van der Waals surface area contributed by atoms with E-state index in [1.807, 2.05) is 20.8 Å². The highest BCUT2D eigenvalue weighted by Gasteiger charge is 2.23. The second-order valence-corrected chi connectivity index (χ2v) is 7.47. The van der Waals surface area contributed by atoms with Gasteiger partial charge >= 0.3 is 5.97 Å². The number of hydrogen-bond acceptors (Lipinski definition) is 2. The van der Waals surface area contributed by atoms with Crippen molar-refractivity contribution >= 4 is 5.97 Å². The molecular weight excluding hydrogens is 296 g/mol. The second-order valence-electron chi connectivity index (χ2n) is 7.47. The van der Waals surface area contributed by atoms with E-state index in [2.05, 4.69) is 42.6 Å². The second kappa shape index (κ2) is 8.17. The molecule has 0 atom stereocenters. The first kappa shape index (κ1) is 18.3. The third-order valence-corrected chi connectivity index (χ3v) is 4.42. The quantitative estimate of drug-likeness (QED) is 0.411. The maximum atomic E-state index is 11.9. The van der Waals surface area contributed by atoms with Gasteiger partial charge in [-0.3, -0.25) is 4.79 Å². The fraction of sp³-hybridized carbons (Fsp3) is 0.455. The summed E-state index contributed by atoms with van der Waals surface area (Å²) in [5.41, 5.74) is 6.55. The summed E-state index contributed by atoms with van der Waals surface area (Å²) in [7, 11) is 0. The first-order valence-corrected chi connectivity index (χ1v) is 8.72. The zero-order chi connectivity index (χ0) is 17.6. The van der Waals surface area contributed by atoms with E-state index in [-0.39, 0.29) is 12.6 Å². The fourth-order valence-corrected chi connectivity index (χ4v) is 2.88. The summed E-state index contributed by atoms with van der Waals surface area (Å²) >= 11 is 0. The lowest BCUT2D eigenvalue weighted by molar-refractivity contribution is -0.151. The molecule has 1 aromatic rings. The van der Waals surface area contributed by atoms with Crippen LogP contribution in [0.15, 0.2) is 59.9 Å². The van der Waals surface area contributed by atoms with Crippen molar-refractivity contribution in [3.63, 3.8) is 0 Å². The molecule has 0 heterocycles. The lowest BCUT2D eigenvalue weighted by Crippen LogP contribution is -2.23. The van der Waals surface area contributed by atoms with Gasteiger partial charge in [-0.25, -0.2) is 0 Å². The normalized spacial score (nSPS) is 17.8. The molecule has 2 nitrogen and oxygen atoms in total. The first-order valence-electron chi connectivity index (χ1n) is 8.72. The van der Waals surface area contributed by atoms with Crippen molar-refractivity contribution in [1.29, 1.82) is 0 Å². The van der Waals surface area contributed by atoms with Crippen LogP contribution in [0.4, 0.5) is 0 Å². The van der Waals surface area contributed by atoms with Crippen LogP contribution < -0.4 is 0 Å². The lowest BCUT2D eigenvalue weighted by Gasteiger charge is -2.23. The Balaban J connectivity index is 1.98. The minimum absolute atomic E-state index is 0.193. The van der Waals surface area contributed by atoms with E-state index in [4.69, 9.17) is 4.74 Å². The van der Waals surface area contributed by atoms with Crippen LogP contribution in [0.2, 0.25) is 0 Å². The van der Waals surface area contributed by atoms with Crippen molar-refractivity contribution < 1.29 is 9.53 Å². The smallest absolute Gasteiger partial charge is 0.311 e. The zero-order valence-electron chi connectivity index (χ0n) is 15.1. The van der Waals surface area contributed by atoms with Crippen LogP contribution in [-0.4, -0.2) is 12.6 Å². The van der Waals surface area contributed by atoms with Crippen LogP contribution in [0, 0.1) is 5.41 Å². The largest absolute Gasteiger partial charge is 0.460 e. The van der Waals surface area contributed by atoms with Crippen LogP contribution in [0.5, 0.6) is 0 Å². The van der Waals surface area contributed by atoms with E-state index in [1.165, 1.54) is 11.1 Å². The molecule has 0 aromatic heterocycles. The van der Waals surface area contributed by atoms with Crippen LogP contribution >= 0.6 is 0 Å². The van der Waals surface area contributed by atoms with Crippen molar-refractivity contribution in [3.05, 3.63) is 65.4 Å². The van der Waals surface area contributed by atoms with Gasteiger partial charge < -0.3 is 4.74 Å². The number of esters is 1. The number of rotatable bonds is 4. The van der Waals surface area contributed by atoms with Gasteiger partial charge in [0, 0.05) is 5.57 Å². The summed E-state index contributed by atoms with van der Waals surface area (Å²) in [6, 6.07) is 10.7. The van der Waals surface area contributed by atoms with Crippen molar-refractivity contribution in [2.75, 3.05) is 6.61 Å². The molecule has 0 aliphatic heterocycles. The molecule has 0 radical (unpaired) electrons. The summed E-state index contributed by atoms with van der Waals surface area (Å²) in [5.74, 6) is 0.448. The number of carbonyl (C=O) groups excluding carboxylic acids is 1. The molecule has 1 aliphatic carbocycles. The van der Waals surface area contributed by atoms with Gasteiger partial charge in [0.2, 0.25) is 0 Å². The molecule has 1 saturated carbocycles. The molecule has 1 aliphatic rings. The highest BCUT2D eigenvalue weighted by atomic mass is 16.5. The first-order chi connectivity index (χ1) is 11.4. The summed E-state index contributed by atoms with van der Waals surface area (Å²) < 4.78 is 5.37. The Morgan fingerprint density at radius 2 is 1.88 bits per heavy atom. The average molecular weight is 324 g/mol. The van der Waals surface area contributed by atoms with Gasteiger partial charge in [0.15, 0.2) is 0 Å². The summed E-state index contributed by atoms with van der Waals surface area (Å²) in [6.45, 7) is 9.65. The van der Waals surface area contributed by atoms with Gasteiger partial charge in [-0.15, -0.1) is 5.73 Å². The zero-order valence-corrected chi connectivity index (χ0v) is 15.1. The lowest BCUT2D eigenvalue weighted by atomic mass is 9.82. The SMILES string of the molecule is C=CC(=C=C1CCC(c2ccccc2)CC1)COC(=O)C(C)(C)C. The molecule has 0 spiro atoms. The molecule has 2 heteroatoms. The van der Waals surface area contributed by atoms with Crippen molar-refractivity contribution in [2.24, 2.45) is 5.41 Å². The van der Waals surface area contributed by atoms with Crippen LogP contribution in [0.25, 0.3) is 0 Å². The van der Waals surface area contributed by atoms with Crippen molar-refractivity contribution in [3.8, 4) is 0 Å². The molecular formula is C22H28O2. The van der Waals surface area contributed by atoms with Gasteiger partial charge in [0.05, 0.1) is 5.41 Å². The van der Waals surface area contributed by atoms with Gasteiger partial charge in [-0.2, -0.15) is 0 Å². The minimum Gasteiger partial charge on any atom is -0.460 e. The molecule has 0 N–H and O–H groups in total. The van der Waals surface area contributed by atoms with Gasteiger partial charge in [0.25, 0.3) is 0 Å². The van der Waals surface area contributed by atoms with E-state index in [0.717, 1.165) is 31.3 Å². The predicted molar refractivity (Wildman–Crippen MR) is 98.8 cm³/mol. The van der Waals surface area contributed by atoms with E-state index in [9.17, 15) is 4.79 Å². The third kappa shape index (κ3) is 5.25. The van der Waals surface area contributed by atoms with Crippen LogP contribution in [-0.2, 0) is 9.53 Å². The maximum Gasteiger partial charge on any atom is 0.311 e. The number of hydrogen-bond donors (Lipinski definition) is 0. The third-order valence-electron chi connectivity index (χ3n) is 4.42. The van der Waals surface area contributed by atoms with E-state index in [1.54, 1.807) is 6.08 Å². The minimum atomic E-state index is -0.479. The molecule has 1 fully saturated rings. The molecule has 0 unspecified atom stereocenters. The van der Waals surface area contributed by atoms with Gasteiger partial charge in [-0.1, -0.05) is 43.0 Å². The molecule has 0 bridgehead atoms. The van der Waals surface area contributed by atoms with Gasteiger partial charge in [-0.05, 0) is 63.5 Å². The molecule has 0 amide bonds. The van der Waals surface area contributed by atoms with Crippen molar-refractivity contribution in [1.82, 2.24) is 0 Å². The molecule has 24 heavy (non-hydrogen) atoms. The average Bonchev–Trinajstić information content (AvgIpc) is 2.58. The Bertz CT molecular complexity index is 630. The highest BCUT2D eigenvalue weighted by Crippen LogP contribution is 2.35. The number of benzene rings is 1. The molecule has 0 saturated heterocycles. The topological polar surface area (TPSA) is 26.3 Å². The van der Waals surface area contributed by atoms with Crippen molar-refractivity contribution in [2.45, 2.75) is 52.4 Å². The Labute approximate surface area is 145 Å². The van der Waals surface area contributed by atoms with E-state index < -0.39 is 5.41 Å². The summed E-state index contributed by atoms with van der Waals surface area (Å²) in [5, 5.41) is 0. The Morgan fingerprint density at radius 1 is 1.25 bits per heavy atom. The van der Waals surface area contributed by atoms with Crippen LogP contribution in [0.1, 0.15) is 57.9 Å². The Morgan fingerprint density at radius 3 is 2.42 bits per heavy atom. The predicted octanol–water partition coefficient (Wildman–Crippen LogP) is 5.57. The van der Waals surface area contributed by atoms with Crippen LogP contribution in [0.3, 0.4) is 0 Å². The summed E-state index contributed by atoms with van der Waals surface area (Å²) in [6.07, 6.45) is 6.14. The van der Waals surface area contributed by atoms with E-state index >= 15 is 0 Å².